The highest BCUT2D eigenvalue weighted by atomic mass is 32.3. The van der Waals surface area contributed by atoms with Crippen molar-refractivity contribution in [2.24, 2.45) is 0 Å². The molecule has 10 rings (SSSR count). The van der Waals surface area contributed by atoms with Gasteiger partial charge in [-0.05, 0) is 123 Å². The molecule has 0 aromatic heterocycles. The molecule has 16 heteroatoms. The predicted octanol–water partition coefficient (Wildman–Crippen LogP) is 21.0. The number of hydrogen-bond acceptors (Lipinski definition) is 16. The Morgan fingerprint density at radius 2 is 0.575 bits per heavy atom. The third-order valence-electron chi connectivity index (χ3n) is 12.4. The molecule has 0 saturated carbocycles. The van der Waals surface area contributed by atoms with Gasteiger partial charge in [-0.25, -0.2) is 0 Å². The Hall–Kier alpha value is -0.500. The van der Waals surface area contributed by atoms with Crippen LogP contribution in [0.5, 0.6) is 23.0 Å². The number of rotatable bonds is 2. The Labute approximate surface area is 487 Å². The van der Waals surface area contributed by atoms with Crippen LogP contribution in [0.15, 0.2) is 113 Å². The fraction of sp³-hybridized carbons (Fsp3) is 0.474. The van der Waals surface area contributed by atoms with Gasteiger partial charge in [0.25, 0.3) is 0 Å². The quantitative estimate of drug-likeness (QED) is 0.168. The summed E-state index contributed by atoms with van der Waals surface area (Å²) in [5.74, 6) is 7.89. The van der Waals surface area contributed by atoms with Gasteiger partial charge < -0.3 is 18.9 Å². The zero-order valence-corrected chi connectivity index (χ0v) is 54.3. The molecule has 0 saturated heterocycles. The fourth-order valence-electron chi connectivity index (χ4n) is 8.06. The zero-order chi connectivity index (χ0) is 52.0. The molecule has 0 N–H and O–H groups in total. The number of benzene rings is 4. The van der Waals surface area contributed by atoms with Gasteiger partial charge in [0.2, 0.25) is 0 Å². The van der Waals surface area contributed by atoms with Crippen molar-refractivity contribution in [2.75, 3.05) is 50.4 Å². The first-order chi connectivity index (χ1) is 34.6. The Morgan fingerprint density at radius 3 is 0.822 bits per heavy atom. The maximum Gasteiger partial charge on any atom is 0.147 e. The van der Waals surface area contributed by atoms with E-state index in [2.05, 4.69) is 155 Å². The summed E-state index contributed by atoms with van der Waals surface area (Å²) < 4.78 is 36.5. The van der Waals surface area contributed by atoms with Crippen molar-refractivity contribution < 1.29 is 18.9 Å². The van der Waals surface area contributed by atoms with Gasteiger partial charge in [-0.2, -0.15) is 0 Å². The average molecular weight is 1200 g/mol. The summed E-state index contributed by atoms with van der Waals surface area (Å²) >= 11 is 23.2. The van der Waals surface area contributed by atoms with Crippen LogP contribution in [0.4, 0.5) is 0 Å². The van der Waals surface area contributed by atoms with E-state index in [-0.39, 0.29) is 21.7 Å². The van der Waals surface area contributed by atoms with E-state index in [0.717, 1.165) is 86.5 Å². The second-order valence-corrected chi connectivity index (χ2v) is 36.7. The fourth-order valence-corrected chi connectivity index (χ4v) is 25.1. The van der Waals surface area contributed by atoms with Gasteiger partial charge in [0.05, 0.1) is 92.0 Å². The van der Waals surface area contributed by atoms with Crippen LogP contribution in [0.1, 0.15) is 125 Å². The topological polar surface area (TPSA) is 36.9 Å². The van der Waals surface area contributed by atoms with Crippen LogP contribution in [-0.4, -0.2) is 50.4 Å². The molecule has 392 valence electrons. The monoisotopic (exact) mass is 1200 g/mol. The van der Waals surface area contributed by atoms with Crippen LogP contribution in [0.25, 0.3) is 0 Å². The molecule has 0 unspecified atom stereocenters. The number of methoxy groups -OCH3 is 2. The van der Waals surface area contributed by atoms with Crippen molar-refractivity contribution in [3.63, 3.8) is 0 Å². The molecule has 6 aliphatic rings. The number of ether oxygens (including phenoxy) is 4. The lowest BCUT2D eigenvalue weighted by molar-refractivity contribution is 0.303. The van der Waals surface area contributed by atoms with E-state index in [0.29, 0.717) is 13.2 Å². The van der Waals surface area contributed by atoms with Gasteiger partial charge in [-0.1, -0.05) is 177 Å². The van der Waals surface area contributed by atoms with Crippen molar-refractivity contribution in [1.29, 1.82) is 0 Å². The van der Waals surface area contributed by atoms with E-state index in [1.54, 1.807) is 47.0 Å². The van der Waals surface area contributed by atoms with E-state index in [4.69, 9.17) is 18.9 Å². The molecule has 10 bridgehead atoms. The minimum atomic E-state index is -0.138. The van der Waals surface area contributed by atoms with Gasteiger partial charge in [-0.15, -0.1) is 47.0 Å². The third kappa shape index (κ3) is 13.6. The van der Waals surface area contributed by atoms with Crippen LogP contribution in [-0.2, 0) is 21.7 Å². The summed E-state index contributed by atoms with van der Waals surface area (Å²) in [6.45, 7) is 28.9. The minimum Gasteiger partial charge on any atom is -0.494 e. The first-order valence-electron chi connectivity index (χ1n) is 24.8. The molecule has 4 aromatic rings. The first-order valence-corrected chi connectivity index (χ1v) is 35.3. The standard InChI is InChI=1S/C57H68O4S12/c1-54(2,3)32-24-36-44(58-13)37(25-32)67-41-29-35(57(10,11)12)31-43-47(41)61-19-16-21-63-49-48(70-52(71-49)53-72-50-51(73-53)65-23-17-22-64-50)62-20-15-18-60-46-40(66-36)28-34(56(7,8)9)30-42(46)68-38-26-33(55(4,5)6)27-39(69-43)45(38)59-14/h24-31H,15-23H2,1-14H3. The SMILES string of the molecule is COc1c2cc(C(C)(C)C)cc1Sc1cc(C(C)(C)C)cc3c1OCCCSC1=C(SCCCOc4c(cc(C(C)(C)C)cc4Sc4cc(C(C)(C)C)cc(c4OC)S3)S2)SC(=C2SC3=C(SCCCS3)S2)S1. The molecule has 0 radical (unpaired) electrons. The number of fused-ring (bicyclic) bond motifs is 8. The van der Waals surface area contributed by atoms with Crippen LogP contribution < -0.4 is 18.9 Å². The van der Waals surface area contributed by atoms with Crippen LogP contribution in [0.3, 0.4) is 0 Å². The lowest BCUT2D eigenvalue weighted by Gasteiger charge is -2.28. The van der Waals surface area contributed by atoms with Crippen LogP contribution in [0.2, 0.25) is 0 Å². The molecule has 73 heavy (non-hydrogen) atoms. The van der Waals surface area contributed by atoms with Crippen molar-refractivity contribution in [2.45, 2.75) is 163 Å². The van der Waals surface area contributed by atoms with E-state index in [9.17, 15) is 0 Å². The third-order valence-corrected chi connectivity index (χ3v) is 28.5. The van der Waals surface area contributed by atoms with E-state index < -0.39 is 0 Å². The second kappa shape index (κ2) is 23.7. The molecule has 4 aromatic carbocycles. The van der Waals surface area contributed by atoms with Crippen LogP contribution in [0, 0.1) is 0 Å². The molecule has 0 atom stereocenters. The molecule has 6 heterocycles. The smallest absolute Gasteiger partial charge is 0.147 e. The molecular formula is C57H68O4S12. The molecule has 0 amide bonds. The number of thioether (sulfide) groups is 8. The normalized spacial score (nSPS) is 18.5. The molecule has 4 nitrogen and oxygen atoms in total. The van der Waals surface area contributed by atoms with Gasteiger partial charge >= 0.3 is 0 Å². The lowest BCUT2D eigenvalue weighted by Crippen LogP contribution is -2.13. The summed E-state index contributed by atoms with van der Waals surface area (Å²) in [5.41, 5.74) is 4.46. The van der Waals surface area contributed by atoms with E-state index >= 15 is 0 Å². The molecule has 6 aliphatic heterocycles. The highest BCUT2D eigenvalue weighted by Gasteiger charge is 2.34. The summed E-state index contributed by atoms with van der Waals surface area (Å²) in [7, 11) is 3.65. The van der Waals surface area contributed by atoms with Crippen molar-refractivity contribution in [3.05, 3.63) is 96.2 Å². The average Bonchev–Trinajstić information content (AvgIpc) is 3.84. The molecule has 0 spiro atoms. The summed E-state index contributed by atoms with van der Waals surface area (Å²) in [5, 5.41) is 0. The summed E-state index contributed by atoms with van der Waals surface area (Å²) in [6, 6.07) is 18.9. The molecule has 0 aliphatic carbocycles. The largest absolute Gasteiger partial charge is 0.494 e. The van der Waals surface area contributed by atoms with E-state index in [1.165, 1.54) is 65.6 Å². The van der Waals surface area contributed by atoms with Crippen molar-refractivity contribution in [3.8, 4) is 23.0 Å². The highest BCUT2D eigenvalue weighted by Crippen LogP contribution is 2.67. The van der Waals surface area contributed by atoms with Crippen molar-refractivity contribution >= 4 is 141 Å². The maximum absolute atomic E-state index is 7.27. The highest BCUT2D eigenvalue weighted by molar-refractivity contribution is 8.45. The van der Waals surface area contributed by atoms with Gasteiger partial charge in [0.1, 0.15) is 23.0 Å². The maximum atomic E-state index is 7.27. The Balaban J connectivity index is 1.24. The number of hydrogen-bond donors (Lipinski definition) is 0. The summed E-state index contributed by atoms with van der Waals surface area (Å²) in [4.78, 5) is 8.59. The predicted molar refractivity (Wildman–Crippen MR) is 336 cm³/mol. The summed E-state index contributed by atoms with van der Waals surface area (Å²) in [6.07, 6.45) is 3.09. The molecule has 0 fully saturated rings. The van der Waals surface area contributed by atoms with E-state index in [1.807, 2.05) is 84.8 Å². The first kappa shape index (κ1) is 57.2. The van der Waals surface area contributed by atoms with Gasteiger partial charge in [0.15, 0.2) is 0 Å². The Bertz CT molecular complexity index is 2570. The lowest BCUT2D eigenvalue weighted by atomic mass is 9.87. The minimum absolute atomic E-state index is 0.130. The van der Waals surface area contributed by atoms with Crippen LogP contribution >= 0.6 is 141 Å². The van der Waals surface area contributed by atoms with Crippen molar-refractivity contribution in [1.82, 2.24) is 0 Å². The van der Waals surface area contributed by atoms with Gasteiger partial charge in [0, 0.05) is 11.5 Å². The Kier molecular flexibility index (Phi) is 18.6. The van der Waals surface area contributed by atoms with Gasteiger partial charge in [-0.3, -0.25) is 0 Å². The zero-order valence-electron chi connectivity index (χ0n) is 44.5. The Morgan fingerprint density at radius 1 is 0.329 bits per heavy atom. The second-order valence-electron chi connectivity index (χ2n) is 22.3. The molecular weight excluding hydrogens is 1130 g/mol.